The Morgan fingerprint density at radius 3 is 2.62 bits per heavy atom. The first-order chi connectivity index (χ1) is 10.1. The summed E-state index contributed by atoms with van der Waals surface area (Å²) in [5.41, 5.74) is 0.190. The second-order valence-corrected chi connectivity index (χ2v) is 6.51. The summed E-state index contributed by atoms with van der Waals surface area (Å²) >= 11 is 0. The molecule has 0 bridgehead atoms. The van der Waals surface area contributed by atoms with E-state index in [1.54, 1.807) is 12.4 Å². The molecule has 0 spiro atoms. The number of anilines is 1. The van der Waals surface area contributed by atoms with Crippen LogP contribution in [0.3, 0.4) is 0 Å². The zero-order valence-corrected chi connectivity index (χ0v) is 13.0. The van der Waals surface area contributed by atoms with Crippen LogP contribution in [0.5, 0.6) is 0 Å². The lowest BCUT2D eigenvalue weighted by atomic mass is 9.87. The van der Waals surface area contributed by atoms with Crippen LogP contribution in [0.4, 0.5) is 5.95 Å². The highest BCUT2D eigenvalue weighted by Crippen LogP contribution is 2.22. The van der Waals surface area contributed by atoms with E-state index in [4.69, 9.17) is 5.26 Å². The maximum absolute atomic E-state index is 8.70. The van der Waals surface area contributed by atoms with Crippen LogP contribution < -0.4 is 10.2 Å². The van der Waals surface area contributed by atoms with Crippen molar-refractivity contribution in [1.29, 1.82) is 5.26 Å². The summed E-state index contributed by atoms with van der Waals surface area (Å²) in [6, 6.07) is 4.65. The summed E-state index contributed by atoms with van der Waals surface area (Å²) in [6.45, 7) is 7.43. The van der Waals surface area contributed by atoms with Crippen molar-refractivity contribution in [3.8, 4) is 6.07 Å². The van der Waals surface area contributed by atoms with Crippen LogP contribution in [-0.2, 0) is 0 Å². The van der Waals surface area contributed by atoms with Gasteiger partial charge in [0.15, 0.2) is 0 Å². The minimum atomic E-state index is 0.190. The Morgan fingerprint density at radius 2 is 2.00 bits per heavy atom. The molecule has 0 atom stereocenters. The second kappa shape index (κ2) is 7.37. The number of aromatic nitrogens is 2. The van der Waals surface area contributed by atoms with Gasteiger partial charge in [-0.1, -0.05) is 13.8 Å². The average molecular weight is 287 g/mol. The van der Waals surface area contributed by atoms with E-state index in [1.165, 1.54) is 0 Å². The van der Waals surface area contributed by atoms with E-state index in [0.29, 0.717) is 12.5 Å². The van der Waals surface area contributed by atoms with Crippen molar-refractivity contribution in [3.63, 3.8) is 0 Å². The first kappa shape index (κ1) is 15.7. The first-order valence-corrected chi connectivity index (χ1v) is 7.73. The molecule has 0 unspecified atom stereocenters. The fourth-order valence-corrected chi connectivity index (χ4v) is 2.64. The maximum Gasteiger partial charge on any atom is 0.225 e. The van der Waals surface area contributed by atoms with Crippen molar-refractivity contribution in [3.05, 3.63) is 18.5 Å². The number of piperidine rings is 1. The van der Waals surface area contributed by atoms with E-state index in [1.807, 2.05) is 6.07 Å². The molecule has 1 N–H and O–H groups in total. The van der Waals surface area contributed by atoms with Gasteiger partial charge in [-0.05, 0) is 30.7 Å². The molecular formula is C16H25N5. The standard InChI is InChI=1S/C16H25N5/c1-16(2,7-3-8-17)13-20-14-5-11-21(12-6-14)15-18-9-4-10-19-15/h4,9-10,14,20H,3,5-7,11-13H2,1-2H3. The molecule has 114 valence electrons. The average Bonchev–Trinajstić information content (AvgIpc) is 2.53. The molecule has 2 rings (SSSR count). The lowest BCUT2D eigenvalue weighted by Crippen LogP contribution is -2.45. The normalized spacial score (nSPS) is 16.7. The molecule has 5 nitrogen and oxygen atoms in total. The van der Waals surface area contributed by atoms with Crippen molar-refractivity contribution in [2.75, 3.05) is 24.5 Å². The van der Waals surface area contributed by atoms with Gasteiger partial charge in [-0.2, -0.15) is 5.26 Å². The van der Waals surface area contributed by atoms with E-state index in [9.17, 15) is 0 Å². The molecule has 1 aromatic rings. The van der Waals surface area contributed by atoms with Crippen LogP contribution in [0, 0.1) is 16.7 Å². The van der Waals surface area contributed by atoms with Gasteiger partial charge in [0.25, 0.3) is 0 Å². The van der Waals surface area contributed by atoms with Gasteiger partial charge in [-0.3, -0.25) is 0 Å². The molecule has 0 aromatic carbocycles. The van der Waals surface area contributed by atoms with Crippen molar-refractivity contribution in [2.24, 2.45) is 5.41 Å². The van der Waals surface area contributed by atoms with Gasteiger partial charge in [0.05, 0.1) is 6.07 Å². The molecule has 0 saturated carbocycles. The van der Waals surface area contributed by atoms with Crippen LogP contribution in [0.15, 0.2) is 18.5 Å². The Labute approximate surface area is 127 Å². The second-order valence-electron chi connectivity index (χ2n) is 6.51. The minimum Gasteiger partial charge on any atom is -0.341 e. The number of hydrogen-bond donors (Lipinski definition) is 1. The van der Waals surface area contributed by atoms with E-state index < -0.39 is 0 Å². The largest absolute Gasteiger partial charge is 0.341 e. The van der Waals surface area contributed by atoms with Crippen molar-refractivity contribution >= 4 is 5.95 Å². The third-order valence-corrected chi connectivity index (χ3v) is 4.11. The monoisotopic (exact) mass is 287 g/mol. The van der Waals surface area contributed by atoms with Gasteiger partial charge in [0.1, 0.15) is 0 Å². The molecule has 1 saturated heterocycles. The molecule has 21 heavy (non-hydrogen) atoms. The highest BCUT2D eigenvalue weighted by molar-refractivity contribution is 5.29. The molecule has 0 aliphatic carbocycles. The predicted molar refractivity (Wildman–Crippen MR) is 83.9 cm³/mol. The Bertz CT molecular complexity index is 457. The molecule has 1 fully saturated rings. The van der Waals surface area contributed by atoms with Gasteiger partial charge >= 0.3 is 0 Å². The fraction of sp³-hybridized carbons (Fsp3) is 0.688. The van der Waals surface area contributed by atoms with E-state index in [0.717, 1.165) is 44.8 Å². The fourth-order valence-electron chi connectivity index (χ4n) is 2.64. The zero-order chi connectivity index (χ0) is 15.1. The van der Waals surface area contributed by atoms with Gasteiger partial charge < -0.3 is 10.2 Å². The Kier molecular flexibility index (Phi) is 5.51. The number of rotatable bonds is 6. The molecule has 1 aliphatic heterocycles. The quantitative estimate of drug-likeness (QED) is 0.870. The maximum atomic E-state index is 8.70. The molecule has 2 heterocycles. The zero-order valence-electron chi connectivity index (χ0n) is 13.0. The van der Waals surface area contributed by atoms with Crippen LogP contribution in [0.2, 0.25) is 0 Å². The van der Waals surface area contributed by atoms with E-state index in [2.05, 4.69) is 40.1 Å². The van der Waals surface area contributed by atoms with Crippen molar-refractivity contribution in [2.45, 2.75) is 45.6 Å². The molecule has 0 radical (unpaired) electrons. The van der Waals surface area contributed by atoms with Gasteiger partial charge in [0.2, 0.25) is 5.95 Å². The molecule has 5 heteroatoms. The van der Waals surface area contributed by atoms with Crippen molar-refractivity contribution in [1.82, 2.24) is 15.3 Å². The molecule has 1 aromatic heterocycles. The van der Waals surface area contributed by atoms with Gasteiger partial charge in [0, 0.05) is 44.5 Å². The van der Waals surface area contributed by atoms with Gasteiger partial charge in [-0.15, -0.1) is 0 Å². The summed E-state index contributed by atoms with van der Waals surface area (Å²) in [6.07, 6.45) is 7.42. The highest BCUT2D eigenvalue weighted by Gasteiger charge is 2.23. The Balaban J connectivity index is 1.73. The summed E-state index contributed by atoms with van der Waals surface area (Å²) in [5, 5.41) is 12.4. The Hall–Kier alpha value is -1.67. The number of hydrogen-bond acceptors (Lipinski definition) is 5. The minimum absolute atomic E-state index is 0.190. The van der Waals surface area contributed by atoms with Crippen LogP contribution in [0.25, 0.3) is 0 Å². The lowest BCUT2D eigenvalue weighted by molar-refractivity contribution is 0.284. The molecular weight excluding hydrogens is 262 g/mol. The molecule has 1 aliphatic rings. The Morgan fingerprint density at radius 1 is 1.33 bits per heavy atom. The van der Waals surface area contributed by atoms with Gasteiger partial charge in [-0.25, -0.2) is 9.97 Å². The lowest BCUT2D eigenvalue weighted by Gasteiger charge is -2.34. The number of nitrogens with zero attached hydrogens (tertiary/aromatic N) is 4. The smallest absolute Gasteiger partial charge is 0.225 e. The SMILES string of the molecule is CC(C)(CCC#N)CNC1CCN(c2ncccn2)CC1. The third-order valence-electron chi connectivity index (χ3n) is 4.11. The van der Waals surface area contributed by atoms with Crippen molar-refractivity contribution < 1.29 is 0 Å². The highest BCUT2D eigenvalue weighted by atomic mass is 15.3. The summed E-state index contributed by atoms with van der Waals surface area (Å²) < 4.78 is 0. The summed E-state index contributed by atoms with van der Waals surface area (Å²) in [4.78, 5) is 10.9. The first-order valence-electron chi connectivity index (χ1n) is 7.73. The number of nitrogens with one attached hydrogen (secondary N) is 1. The summed E-state index contributed by atoms with van der Waals surface area (Å²) in [7, 11) is 0. The van der Waals surface area contributed by atoms with E-state index >= 15 is 0 Å². The van der Waals surface area contributed by atoms with Crippen LogP contribution in [0.1, 0.15) is 39.5 Å². The molecule has 0 amide bonds. The van der Waals surface area contributed by atoms with Crippen LogP contribution in [-0.4, -0.2) is 35.6 Å². The topological polar surface area (TPSA) is 64.8 Å². The number of nitriles is 1. The third kappa shape index (κ3) is 4.98. The summed E-state index contributed by atoms with van der Waals surface area (Å²) in [5.74, 6) is 0.838. The van der Waals surface area contributed by atoms with Crippen LogP contribution >= 0.6 is 0 Å². The van der Waals surface area contributed by atoms with E-state index in [-0.39, 0.29) is 5.41 Å². The predicted octanol–water partition coefficient (Wildman–Crippen LogP) is 2.36.